The molecule has 0 saturated carbocycles. The molecule has 1 unspecified atom stereocenters. The number of anilines is 1. The Morgan fingerprint density at radius 1 is 1.38 bits per heavy atom. The first-order valence-corrected chi connectivity index (χ1v) is 8.28. The van der Waals surface area contributed by atoms with Crippen molar-refractivity contribution in [2.75, 3.05) is 18.4 Å². The molecule has 1 aliphatic heterocycles. The summed E-state index contributed by atoms with van der Waals surface area (Å²) >= 11 is 12.4. The number of benzene rings is 1. The Morgan fingerprint density at radius 2 is 2.04 bits per heavy atom. The Kier molecular flexibility index (Phi) is 6.52. The van der Waals surface area contributed by atoms with Crippen LogP contribution in [0.25, 0.3) is 0 Å². The number of nitrogens with one attached hydrogen (secondary N) is 2. The number of carbonyl (C=O) groups excluding carboxylic acids is 1. The van der Waals surface area contributed by atoms with Crippen molar-refractivity contribution < 1.29 is 4.79 Å². The predicted molar refractivity (Wildman–Crippen MR) is 99.2 cm³/mol. The van der Waals surface area contributed by atoms with E-state index in [1.165, 1.54) is 0 Å². The van der Waals surface area contributed by atoms with E-state index in [4.69, 9.17) is 23.2 Å². The lowest BCUT2D eigenvalue weighted by molar-refractivity contribution is -0.121. The Balaban J connectivity index is 0.00000208. The van der Waals surface area contributed by atoms with Gasteiger partial charge in [-0.2, -0.15) is 5.10 Å². The maximum absolute atomic E-state index is 12.4. The minimum Gasteiger partial charge on any atom is -0.316 e. The zero-order chi connectivity index (χ0) is 16.4. The smallest absolute Gasteiger partial charge is 0.228 e. The van der Waals surface area contributed by atoms with Crippen LogP contribution in [0, 0.1) is 11.8 Å². The second-order valence-corrected chi connectivity index (χ2v) is 6.58. The van der Waals surface area contributed by atoms with Gasteiger partial charge in [-0.3, -0.25) is 4.79 Å². The quantitative estimate of drug-likeness (QED) is 0.823. The van der Waals surface area contributed by atoms with E-state index in [9.17, 15) is 4.79 Å². The van der Waals surface area contributed by atoms with Gasteiger partial charge >= 0.3 is 0 Å². The molecule has 1 aromatic carbocycles. The predicted octanol–water partition coefficient (Wildman–Crippen LogP) is 3.45. The second-order valence-electron chi connectivity index (χ2n) is 5.77. The van der Waals surface area contributed by atoms with Gasteiger partial charge in [0.2, 0.25) is 5.91 Å². The summed E-state index contributed by atoms with van der Waals surface area (Å²) in [5.74, 6) is 1.00. The molecule has 3 rings (SSSR count). The molecule has 1 amide bonds. The van der Waals surface area contributed by atoms with Crippen molar-refractivity contribution in [1.29, 1.82) is 0 Å². The van der Waals surface area contributed by atoms with Crippen molar-refractivity contribution in [1.82, 2.24) is 15.1 Å². The van der Waals surface area contributed by atoms with Crippen LogP contribution >= 0.6 is 35.6 Å². The molecule has 1 atom stereocenters. The highest BCUT2D eigenvalue weighted by Crippen LogP contribution is 2.26. The van der Waals surface area contributed by atoms with Gasteiger partial charge < -0.3 is 10.6 Å². The highest BCUT2D eigenvalue weighted by atomic mass is 35.5. The lowest BCUT2D eigenvalue weighted by Crippen LogP contribution is -2.48. The Morgan fingerprint density at radius 3 is 2.62 bits per heavy atom. The van der Waals surface area contributed by atoms with Gasteiger partial charge in [-0.15, -0.1) is 12.4 Å². The van der Waals surface area contributed by atoms with Crippen LogP contribution in [-0.2, 0) is 11.3 Å². The minimum absolute atomic E-state index is 0. The van der Waals surface area contributed by atoms with Gasteiger partial charge in [-0.25, -0.2) is 4.68 Å². The average molecular weight is 390 g/mol. The van der Waals surface area contributed by atoms with E-state index in [0.717, 1.165) is 18.7 Å². The summed E-state index contributed by atoms with van der Waals surface area (Å²) in [4.78, 5) is 12.4. The monoisotopic (exact) mass is 388 g/mol. The van der Waals surface area contributed by atoms with Crippen LogP contribution < -0.4 is 10.6 Å². The molecule has 130 valence electrons. The molecule has 0 aliphatic carbocycles. The van der Waals surface area contributed by atoms with Gasteiger partial charge in [0.1, 0.15) is 5.82 Å². The third-order valence-electron chi connectivity index (χ3n) is 4.27. The zero-order valence-electron chi connectivity index (χ0n) is 13.1. The van der Waals surface area contributed by atoms with Crippen molar-refractivity contribution in [2.24, 2.45) is 11.8 Å². The summed E-state index contributed by atoms with van der Waals surface area (Å²) in [6, 6.07) is 7.15. The largest absolute Gasteiger partial charge is 0.316 e. The highest BCUT2D eigenvalue weighted by molar-refractivity contribution is 6.35. The fourth-order valence-electron chi connectivity index (χ4n) is 2.52. The van der Waals surface area contributed by atoms with Crippen LogP contribution in [0.1, 0.15) is 12.5 Å². The summed E-state index contributed by atoms with van der Waals surface area (Å²) in [7, 11) is 0. The first kappa shape index (κ1) is 19.1. The molecule has 2 N–H and O–H groups in total. The number of carbonyl (C=O) groups is 1. The molecule has 2 heterocycles. The van der Waals surface area contributed by atoms with E-state index < -0.39 is 0 Å². The van der Waals surface area contributed by atoms with E-state index in [1.807, 2.05) is 6.92 Å². The molecule has 0 bridgehead atoms. The number of amides is 1. The third-order valence-corrected chi connectivity index (χ3v) is 4.98. The van der Waals surface area contributed by atoms with Crippen LogP contribution in [-0.4, -0.2) is 28.8 Å². The molecular weight excluding hydrogens is 371 g/mol. The van der Waals surface area contributed by atoms with Gasteiger partial charge in [-0.1, -0.05) is 36.2 Å². The first-order chi connectivity index (χ1) is 11.1. The van der Waals surface area contributed by atoms with Crippen molar-refractivity contribution in [2.45, 2.75) is 13.5 Å². The molecule has 24 heavy (non-hydrogen) atoms. The molecule has 1 aromatic heterocycles. The van der Waals surface area contributed by atoms with Gasteiger partial charge in [0.05, 0.1) is 12.7 Å². The molecule has 5 nitrogen and oxygen atoms in total. The van der Waals surface area contributed by atoms with Gasteiger partial charge in [0.25, 0.3) is 0 Å². The van der Waals surface area contributed by atoms with Gasteiger partial charge in [0.15, 0.2) is 0 Å². The number of aromatic nitrogens is 2. The first-order valence-electron chi connectivity index (χ1n) is 7.52. The Hall–Kier alpha value is -1.27. The highest BCUT2D eigenvalue weighted by Gasteiger charge is 2.29. The van der Waals surface area contributed by atoms with Crippen molar-refractivity contribution in [3.05, 3.63) is 46.1 Å². The van der Waals surface area contributed by atoms with Crippen LogP contribution in [0.2, 0.25) is 10.0 Å². The zero-order valence-corrected chi connectivity index (χ0v) is 15.5. The fourth-order valence-corrected chi connectivity index (χ4v) is 3.03. The lowest BCUT2D eigenvalue weighted by Gasteiger charge is -2.31. The number of halogens is 3. The molecule has 0 radical (unpaired) electrons. The Labute approximate surface area is 157 Å². The summed E-state index contributed by atoms with van der Waals surface area (Å²) in [5.41, 5.74) is 0.784. The maximum Gasteiger partial charge on any atom is 0.228 e. The minimum atomic E-state index is -0.0384. The summed E-state index contributed by atoms with van der Waals surface area (Å²) in [5, 5.41) is 11.6. The van der Waals surface area contributed by atoms with Crippen molar-refractivity contribution in [3.63, 3.8) is 0 Å². The summed E-state index contributed by atoms with van der Waals surface area (Å²) < 4.78 is 1.69. The third kappa shape index (κ3) is 4.03. The van der Waals surface area contributed by atoms with E-state index in [0.29, 0.717) is 28.3 Å². The van der Waals surface area contributed by atoms with E-state index in [1.54, 1.807) is 35.1 Å². The second kappa shape index (κ2) is 8.21. The van der Waals surface area contributed by atoms with E-state index in [-0.39, 0.29) is 24.2 Å². The molecule has 8 heteroatoms. The van der Waals surface area contributed by atoms with Crippen LogP contribution in [0.3, 0.4) is 0 Å². The van der Waals surface area contributed by atoms with Gasteiger partial charge in [0, 0.05) is 27.6 Å². The number of nitrogens with zero attached hydrogens (tertiary/aromatic N) is 2. The molecular formula is C16H19Cl3N4O. The molecule has 2 aromatic rings. The lowest BCUT2D eigenvalue weighted by atomic mass is 9.88. The van der Waals surface area contributed by atoms with Crippen molar-refractivity contribution >= 4 is 47.3 Å². The maximum atomic E-state index is 12.4. The Bertz CT molecular complexity index is 695. The van der Waals surface area contributed by atoms with Crippen LogP contribution in [0.15, 0.2) is 30.5 Å². The van der Waals surface area contributed by atoms with E-state index >= 15 is 0 Å². The normalized spacial score (nSPS) is 15.3. The standard InChI is InChI=1S/C16H18Cl2N4O.ClH/c1-10(11-7-19-8-11)16(23)21-15-5-6-20-22(15)9-12-13(17)3-2-4-14(12)18;/h2-6,10-11,19H,7-9H2,1H3,(H,21,23);1H. The van der Waals surface area contributed by atoms with Crippen LogP contribution in [0.4, 0.5) is 5.82 Å². The number of hydrogen-bond acceptors (Lipinski definition) is 3. The molecule has 1 saturated heterocycles. The molecule has 1 fully saturated rings. The number of rotatable bonds is 5. The summed E-state index contributed by atoms with van der Waals surface area (Å²) in [6.45, 7) is 4.14. The average Bonchev–Trinajstić information content (AvgIpc) is 2.88. The molecule has 1 aliphatic rings. The molecule has 0 spiro atoms. The SMILES string of the molecule is CC(C(=O)Nc1ccnn1Cc1c(Cl)cccc1Cl)C1CNC1.Cl. The van der Waals surface area contributed by atoms with Crippen molar-refractivity contribution in [3.8, 4) is 0 Å². The summed E-state index contributed by atoms with van der Waals surface area (Å²) in [6.07, 6.45) is 1.65. The number of hydrogen-bond donors (Lipinski definition) is 2. The van der Waals surface area contributed by atoms with E-state index in [2.05, 4.69) is 15.7 Å². The topological polar surface area (TPSA) is 59.0 Å². The van der Waals surface area contributed by atoms with Crippen LogP contribution in [0.5, 0.6) is 0 Å². The van der Waals surface area contributed by atoms with Gasteiger partial charge in [-0.05, 0) is 31.1 Å². The fraction of sp³-hybridized carbons (Fsp3) is 0.375.